The lowest BCUT2D eigenvalue weighted by Crippen LogP contribution is -2.43. The van der Waals surface area contributed by atoms with Crippen molar-refractivity contribution in [2.24, 2.45) is 0 Å². The second-order valence-corrected chi connectivity index (χ2v) is 7.57. The number of ether oxygens (including phenoxy) is 1. The van der Waals surface area contributed by atoms with Gasteiger partial charge in [0.05, 0.1) is 36.8 Å². The normalized spacial score (nSPS) is 16.8. The molecule has 1 aliphatic heterocycles. The number of carbonyl (C=O) groups is 3. The summed E-state index contributed by atoms with van der Waals surface area (Å²) in [5.74, 6) is -3.92. The van der Waals surface area contributed by atoms with E-state index in [0.717, 1.165) is 17.7 Å². The Morgan fingerprint density at radius 3 is 2.91 bits per heavy atom. The molecule has 2 aromatic rings. The quantitative estimate of drug-likeness (QED) is 0.411. The number of rotatable bonds is 10. The summed E-state index contributed by atoms with van der Waals surface area (Å²) in [6.07, 6.45) is 2.85. The molecule has 3 rings (SSSR count). The number of unbranched alkanes of at least 4 members (excludes halogenated alkanes) is 1. The number of likely N-dealkylation sites (tertiary alicyclic amines) is 1. The van der Waals surface area contributed by atoms with Crippen molar-refractivity contribution in [3.8, 4) is 11.8 Å². The van der Waals surface area contributed by atoms with E-state index in [1.165, 1.54) is 12.3 Å². The van der Waals surface area contributed by atoms with Crippen molar-refractivity contribution in [3.63, 3.8) is 0 Å². The van der Waals surface area contributed by atoms with E-state index in [1.807, 2.05) is 0 Å². The van der Waals surface area contributed by atoms with Gasteiger partial charge in [-0.1, -0.05) is 0 Å². The molecule has 0 aliphatic carbocycles. The lowest BCUT2D eigenvalue weighted by molar-refractivity contribution is -0.131. The first-order valence-electron chi connectivity index (χ1n) is 10.4. The van der Waals surface area contributed by atoms with E-state index in [4.69, 9.17) is 10.00 Å². The highest BCUT2D eigenvalue weighted by atomic mass is 19.3. The first-order chi connectivity index (χ1) is 15.8. The molecule has 1 saturated heterocycles. The van der Waals surface area contributed by atoms with Gasteiger partial charge in [0, 0.05) is 24.5 Å². The van der Waals surface area contributed by atoms with Gasteiger partial charge in [0.2, 0.25) is 12.3 Å². The van der Waals surface area contributed by atoms with Crippen molar-refractivity contribution in [1.29, 1.82) is 5.26 Å². The zero-order valence-corrected chi connectivity index (χ0v) is 17.7. The van der Waals surface area contributed by atoms with Crippen LogP contribution in [0, 0.1) is 11.3 Å². The number of benzene rings is 1. The number of nitrogens with zero attached hydrogens (tertiary/aromatic N) is 3. The van der Waals surface area contributed by atoms with Crippen LogP contribution in [-0.4, -0.2) is 66.3 Å². The van der Waals surface area contributed by atoms with Gasteiger partial charge in [-0.15, -0.1) is 0 Å². The van der Waals surface area contributed by atoms with Gasteiger partial charge in [0.1, 0.15) is 11.8 Å². The summed E-state index contributed by atoms with van der Waals surface area (Å²) in [6, 6.07) is 7.05. The standard InChI is InChI=1S/C22H23F2N5O4/c23-22(24)10-15(11-25)29(13-22)20(31)12-28-21(32)17-5-7-27-19-4-3-16(9-18(17)19)33-8-2-1-6-26-14-30/h3-5,7,9,14-15H,1-2,6,8,10,12-13H2,(H,26,30)(H,28,32)/t15-/m1/s1. The maximum atomic E-state index is 13.6. The number of fused-ring (bicyclic) bond motifs is 1. The molecule has 11 heteroatoms. The fourth-order valence-electron chi connectivity index (χ4n) is 3.54. The lowest BCUT2D eigenvalue weighted by Gasteiger charge is -2.19. The summed E-state index contributed by atoms with van der Waals surface area (Å²) in [5.41, 5.74) is 0.789. The third kappa shape index (κ3) is 6.12. The Morgan fingerprint density at radius 1 is 1.33 bits per heavy atom. The Bertz CT molecular complexity index is 1070. The van der Waals surface area contributed by atoms with Gasteiger partial charge < -0.3 is 20.3 Å². The zero-order chi connectivity index (χ0) is 23.8. The number of hydrogen-bond donors (Lipinski definition) is 2. The number of aromatic nitrogens is 1. The van der Waals surface area contributed by atoms with E-state index in [9.17, 15) is 23.2 Å². The van der Waals surface area contributed by atoms with Crippen molar-refractivity contribution in [2.45, 2.75) is 31.2 Å². The first kappa shape index (κ1) is 23.8. The van der Waals surface area contributed by atoms with Crippen molar-refractivity contribution in [1.82, 2.24) is 20.5 Å². The first-order valence-corrected chi connectivity index (χ1v) is 10.4. The Labute approximate surface area is 188 Å². The van der Waals surface area contributed by atoms with Gasteiger partial charge in [-0.05, 0) is 37.1 Å². The van der Waals surface area contributed by atoms with Crippen LogP contribution in [0.2, 0.25) is 0 Å². The number of pyridine rings is 1. The van der Waals surface area contributed by atoms with Crippen LogP contribution in [0.4, 0.5) is 8.78 Å². The van der Waals surface area contributed by atoms with Gasteiger partial charge in [-0.2, -0.15) is 5.26 Å². The van der Waals surface area contributed by atoms with Crippen molar-refractivity contribution in [3.05, 3.63) is 36.0 Å². The van der Waals surface area contributed by atoms with Crippen LogP contribution in [0.15, 0.2) is 30.5 Å². The number of carbonyl (C=O) groups excluding carboxylic acids is 3. The van der Waals surface area contributed by atoms with Crippen LogP contribution < -0.4 is 15.4 Å². The minimum atomic E-state index is -3.12. The molecule has 0 bridgehead atoms. The van der Waals surface area contributed by atoms with Crippen molar-refractivity contribution >= 4 is 29.1 Å². The highest BCUT2D eigenvalue weighted by Crippen LogP contribution is 2.31. The summed E-state index contributed by atoms with van der Waals surface area (Å²) in [7, 11) is 0. The molecule has 1 aromatic carbocycles. The molecule has 1 fully saturated rings. The molecule has 1 aliphatic rings. The topological polar surface area (TPSA) is 124 Å². The minimum absolute atomic E-state index is 0.247. The summed E-state index contributed by atoms with van der Waals surface area (Å²) in [6.45, 7) is -0.378. The van der Waals surface area contributed by atoms with Crippen LogP contribution in [0.5, 0.6) is 5.75 Å². The van der Waals surface area contributed by atoms with Crippen LogP contribution in [0.3, 0.4) is 0 Å². The Balaban J connectivity index is 1.63. The Morgan fingerprint density at radius 2 is 2.15 bits per heavy atom. The Hall–Kier alpha value is -3.81. The van der Waals surface area contributed by atoms with E-state index < -0.39 is 43.3 Å². The summed E-state index contributed by atoms with van der Waals surface area (Å²) < 4.78 is 32.8. The SMILES string of the molecule is N#C[C@H]1CC(F)(F)CN1C(=O)CNC(=O)c1ccnc2ccc(OCCCCNC=O)cc12. The maximum Gasteiger partial charge on any atom is 0.268 e. The molecule has 0 unspecified atom stereocenters. The third-order valence-electron chi connectivity index (χ3n) is 5.16. The number of nitrogens with one attached hydrogen (secondary N) is 2. The summed E-state index contributed by atoms with van der Waals surface area (Å²) in [4.78, 5) is 40.3. The molecule has 1 atom stereocenters. The van der Waals surface area contributed by atoms with Crippen LogP contribution in [0.1, 0.15) is 29.6 Å². The molecule has 3 amide bonds. The van der Waals surface area contributed by atoms with Crippen LogP contribution in [0.25, 0.3) is 10.9 Å². The summed E-state index contributed by atoms with van der Waals surface area (Å²) in [5, 5.41) is 14.5. The second-order valence-electron chi connectivity index (χ2n) is 7.57. The largest absolute Gasteiger partial charge is 0.494 e. The molecular weight excluding hydrogens is 436 g/mol. The highest BCUT2D eigenvalue weighted by molar-refractivity contribution is 6.07. The predicted octanol–water partition coefficient (Wildman–Crippen LogP) is 1.63. The summed E-state index contributed by atoms with van der Waals surface area (Å²) >= 11 is 0. The monoisotopic (exact) mass is 459 g/mol. The average Bonchev–Trinajstić information content (AvgIpc) is 3.13. The van der Waals surface area contributed by atoms with Crippen molar-refractivity contribution < 1.29 is 27.9 Å². The highest BCUT2D eigenvalue weighted by Gasteiger charge is 2.47. The molecule has 174 valence electrons. The molecule has 0 spiro atoms. The molecule has 0 saturated carbocycles. The van der Waals surface area contributed by atoms with Crippen LogP contribution in [-0.2, 0) is 9.59 Å². The van der Waals surface area contributed by atoms with Gasteiger partial charge in [-0.25, -0.2) is 8.78 Å². The van der Waals surface area contributed by atoms with E-state index in [1.54, 1.807) is 24.3 Å². The molecule has 2 heterocycles. The van der Waals surface area contributed by atoms with E-state index in [2.05, 4.69) is 15.6 Å². The fourth-order valence-corrected chi connectivity index (χ4v) is 3.54. The number of halogens is 2. The maximum absolute atomic E-state index is 13.6. The number of alkyl halides is 2. The zero-order valence-electron chi connectivity index (χ0n) is 17.7. The number of hydrogen-bond acceptors (Lipinski definition) is 6. The van der Waals surface area contributed by atoms with Gasteiger partial charge >= 0.3 is 0 Å². The molecule has 33 heavy (non-hydrogen) atoms. The lowest BCUT2D eigenvalue weighted by atomic mass is 10.1. The molecule has 2 N–H and O–H groups in total. The van der Waals surface area contributed by atoms with Crippen molar-refractivity contribution in [2.75, 3.05) is 26.2 Å². The average molecular weight is 459 g/mol. The van der Waals surface area contributed by atoms with E-state index in [0.29, 0.717) is 36.2 Å². The van der Waals surface area contributed by atoms with Gasteiger partial charge in [0.25, 0.3) is 11.8 Å². The van der Waals surface area contributed by atoms with Crippen LogP contribution >= 0.6 is 0 Å². The Kier molecular flexibility index (Phi) is 7.71. The van der Waals surface area contributed by atoms with Gasteiger partial charge in [0.15, 0.2) is 0 Å². The van der Waals surface area contributed by atoms with Gasteiger partial charge in [-0.3, -0.25) is 19.4 Å². The fraction of sp³-hybridized carbons (Fsp3) is 0.409. The molecular formula is C22H23F2N5O4. The smallest absolute Gasteiger partial charge is 0.268 e. The third-order valence-corrected chi connectivity index (χ3v) is 5.16. The molecule has 0 radical (unpaired) electrons. The minimum Gasteiger partial charge on any atom is -0.494 e. The molecule has 9 nitrogen and oxygen atoms in total. The molecule has 1 aromatic heterocycles. The number of amides is 3. The number of nitriles is 1. The predicted molar refractivity (Wildman–Crippen MR) is 114 cm³/mol. The van der Waals surface area contributed by atoms with E-state index >= 15 is 0 Å². The van der Waals surface area contributed by atoms with E-state index in [-0.39, 0.29) is 5.56 Å². The second kappa shape index (κ2) is 10.7.